The first kappa shape index (κ1) is 34.4. The average Bonchev–Trinajstić information content (AvgIpc) is 3.43. The topological polar surface area (TPSA) is 135 Å². The fourth-order valence-corrected chi connectivity index (χ4v) is 10.3. The van der Waals surface area contributed by atoms with Gasteiger partial charge >= 0.3 is 0 Å². The lowest BCUT2D eigenvalue weighted by atomic mass is 9.91. The van der Waals surface area contributed by atoms with Crippen LogP contribution in [0.4, 0.5) is 11.4 Å². The molecule has 4 heterocycles. The number of rotatable bonds is 6. The molecule has 2 saturated heterocycles. The highest BCUT2D eigenvalue weighted by Crippen LogP contribution is 2.43. The Kier molecular flexibility index (Phi) is 9.80. The minimum absolute atomic E-state index is 0.261. The molecule has 0 aromatic heterocycles. The maximum atomic E-state index is 13.0. The second-order valence-electron chi connectivity index (χ2n) is 13.2. The van der Waals surface area contributed by atoms with Gasteiger partial charge in [-0.15, -0.1) is 0 Å². The quantitative estimate of drug-likeness (QED) is 0.201. The number of benzene rings is 4. The van der Waals surface area contributed by atoms with Crippen LogP contribution in [-0.4, -0.2) is 69.3 Å². The molecular weight excluding hydrogens is 673 g/mol. The summed E-state index contributed by atoms with van der Waals surface area (Å²) >= 11 is 0. The molecule has 12 heteroatoms. The number of ether oxygens (including phenoxy) is 2. The molecule has 0 unspecified atom stereocenters. The van der Waals surface area contributed by atoms with E-state index < -0.39 is 19.7 Å². The molecular formula is C38H44N4O6S2. The highest BCUT2D eigenvalue weighted by Gasteiger charge is 2.35. The zero-order valence-electron chi connectivity index (χ0n) is 28.3. The van der Waals surface area contributed by atoms with E-state index in [4.69, 9.17) is 9.47 Å². The van der Waals surface area contributed by atoms with Crippen LogP contribution in [0, 0.1) is 0 Å². The van der Waals surface area contributed by atoms with Crippen molar-refractivity contribution < 1.29 is 26.3 Å². The predicted molar refractivity (Wildman–Crippen MR) is 194 cm³/mol. The molecule has 0 aliphatic carbocycles. The third-order valence-corrected chi connectivity index (χ3v) is 13.9. The molecule has 0 amide bonds. The van der Waals surface area contributed by atoms with Gasteiger partial charge in [0.05, 0.1) is 33.8 Å². The summed E-state index contributed by atoms with van der Waals surface area (Å²) in [7, 11) is -4.00. The molecule has 8 rings (SSSR count). The average molecular weight is 717 g/mol. The van der Waals surface area contributed by atoms with E-state index in [-0.39, 0.29) is 4.90 Å². The lowest BCUT2D eigenvalue weighted by Crippen LogP contribution is -2.21. The minimum Gasteiger partial charge on any atom is -0.497 e. The van der Waals surface area contributed by atoms with Gasteiger partial charge in [0.15, 0.2) is 0 Å². The van der Waals surface area contributed by atoms with Gasteiger partial charge < -0.3 is 30.7 Å². The first-order chi connectivity index (χ1) is 24.2. The van der Waals surface area contributed by atoms with Crippen molar-refractivity contribution in [3.63, 3.8) is 0 Å². The number of hydrogen-bond donors (Lipinski definition) is 4. The van der Waals surface area contributed by atoms with E-state index in [2.05, 4.69) is 21.3 Å². The normalized spacial score (nSPS) is 22.4. The minimum atomic E-state index is -3.56. The van der Waals surface area contributed by atoms with Crippen molar-refractivity contribution in [3.8, 4) is 11.5 Å². The van der Waals surface area contributed by atoms with Gasteiger partial charge in [-0.1, -0.05) is 6.07 Å². The van der Waals surface area contributed by atoms with Crippen molar-refractivity contribution >= 4 is 31.0 Å². The van der Waals surface area contributed by atoms with Crippen molar-refractivity contribution in [2.75, 3.05) is 51.0 Å². The lowest BCUT2D eigenvalue weighted by Gasteiger charge is -2.16. The van der Waals surface area contributed by atoms with Crippen LogP contribution in [0.1, 0.15) is 48.6 Å². The molecule has 4 atom stereocenters. The maximum Gasteiger partial charge on any atom is 0.206 e. The summed E-state index contributed by atoms with van der Waals surface area (Å²) in [6, 6.07) is 24.9. The van der Waals surface area contributed by atoms with Gasteiger partial charge in [0.2, 0.25) is 19.7 Å². The Bertz CT molecular complexity index is 2070. The van der Waals surface area contributed by atoms with Crippen LogP contribution in [0.3, 0.4) is 0 Å². The van der Waals surface area contributed by atoms with E-state index >= 15 is 0 Å². The summed E-state index contributed by atoms with van der Waals surface area (Å²) < 4.78 is 62.3. The van der Waals surface area contributed by atoms with Crippen LogP contribution < -0.4 is 30.7 Å². The molecule has 4 aromatic rings. The Morgan fingerprint density at radius 3 is 1.50 bits per heavy atom. The third kappa shape index (κ3) is 6.69. The van der Waals surface area contributed by atoms with E-state index in [0.717, 1.165) is 74.4 Å². The molecule has 10 nitrogen and oxygen atoms in total. The van der Waals surface area contributed by atoms with Gasteiger partial charge in [-0.25, -0.2) is 16.8 Å². The van der Waals surface area contributed by atoms with Crippen LogP contribution in [0.5, 0.6) is 11.5 Å². The largest absolute Gasteiger partial charge is 0.497 e. The van der Waals surface area contributed by atoms with Crippen LogP contribution >= 0.6 is 0 Å². The van der Waals surface area contributed by atoms with Crippen LogP contribution in [0.25, 0.3) is 0 Å². The van der Waals surface area contributed by atoms with E-state index in [0.29, 0.717) is 50.1 Å². The first-order valence-electron chi connectivity index (χ1n) is 17.2. The third-order valence-electron chi connectivity index (χ3n) is 10.4. The summed E-state index contributed by atoms with van der Waals surface area (Å²) in [6.45, 7) is 3.93. The Balaban J connectivity index is 0.000000157. The monoisotopic (exact) mass is 716 g/mol. The smallest absolute Gasteiger partial charge is 0.206 e. The van der Waals surface area contributed by atoms with E-state index in [9.17, 15) is 16.8 Å². The second kappa shape index (κ2) is 14.3. The number of anilines is 2. The van der Waals surface area contributed by atoms with Crippen molar-refractivity contribution in [1.29, 1.82) is 0 Å². The number of sulfone groups is 2. The van der Waals surface area contributed by atoms with Gasteiger partial charge in [0.25, 0.3) is 0 Å². The van der Waals surface area contributed by atoms with Crippen molar-refractivity contribution in [2.24, 2.45) is 0 Å². The van der Waals surface area contributed by atoms with E-state index in [1.54, 1.807) is 67.8 Å². The van der Waals surface area contributed by atoms with E-state index in [1.165, 1.54) is 7.11 Å². The Morgan fingerprint density at radius 1 is 0.520 bits per heavy atom. The number of nitrogens with one attached hydrogen (secondary N) is 4. The van der Waals surface area contributed by atoms with Gasteiger partial charge in [-0.2, -0.15) is 0 Å². The van der Waals surface area contributed by atoms with E-state index in [1.807, 2.05) is 24.3 Å². The van der Waals surface area contributed by atoms with Crippen LogP contribution in [-0.2, 0) is 19.7 Å². The summed E-state index contributed by atoms with van der Waals surface area (Å²) in [5.74, 6) is 1.92. The molecule has 0 spiro atoms. The second-order valence-corrected chi connectivity index (χ2v) is 17.1. The maximum absolute atomic E-state index is 13.0. The highest BCUT2D eigenvalue weighted by molar-refractivity contribution is 7.91. The molecule has 4 aromatic carbocycles. The molecule has 4 aliphatic rings. The zero-order valence-corrected chi connectivity index (χ0v) is 29.9. The van der Waals surface area contributed by atoms with Crippen molar-refractivity contribution in [2.45, 2.75) is 69.2 Å². The Morgan fingerprint density at radius 2 is 0.980 bits per heavy atom. The summed E-state index contributed by atoms with van der Waals surface area (Å²) in [6.07, 6.45) is 4.15. The SMILES string of the molecule is COc1ccc(S(=O)(=O)c2ccc3c(c2)[C@H]2CCNCC[C@H]2N3)cc1.COc1cccc(S(=O)(=O)c2ccc3c(c2)[C@H]2CCNCC[C@H]2N3)c1. The fourth-order valence-electron chi connectivity index (χ4n) is 7.66. The summed E-state index contributed by atoms with van der Waals surface area (Å²) in [4.78, 5) is 1.25. The molecule has 4 aliphatic heterocycles. The molecule has 264 valence electrons. The number of fused-ring (bicyclic) bond motifs is 6. The first-order valence-corrected chi connectivity index (χ1v) is 20.2. The summed E-state index contributed by atoms with van der Waals surface area (Å²) in [5, 5.41) is 14.0. The summed E-state index contributed by atoms with van der Waals surface area (Å²) in [5.41, 5.74) is 4.40. The Labute approximate surface area is 294 Å². The lowest BCUT2D eigenvalue weighted by molar-refractivity contribution is 0.413. The molecule has 0 saturated carbocycles. The molecule has 2 fully saturated rings. The fraction of sp³-hybridized carbons (Fsp3) is 0.368. The molecule has 0 bridgehead atoms. The Hall–Kier alpha value is -4.10. The van der Waals surface area contributed by atoms with Gasteiger partial charge in [-0.3, -0.25) is 0 Å². The highest BCUT2D eigenvalue weighted by atomic mass is 32.2. The predicted octanol–water partition coefficient (Wildman–Crippen LogP) is 5.58. The van der Waals surface area contributed by atoms with Crippen molar-refractivity contribution in [1.82, 2.24) is 10.6 Å². The van der Waals surface area contributed by atoms with Gasteiger partial charge in [0.1, 0.15) is 11.5 Å². The molecule has 4 N–H and O–H groups in total. The number of methoxy groups -OCH3 is 2. The van der Waals surface area contributed by atoms with Crippen LogP contribution in [0.2, 0.25) is 0 Å². The number of hydrogen-bond acceptors (Lipinski definition) is 10. The van der Waals surface area contributed by atoms with Gasteiger partial charge in [-0.05, 0) is 142 Å². The molecule has 0 radical (unpaired) electrons. The van der Waals surface area contributed by atoms with Gasteiger partial charge in [0, 0.05) is 35.3 Å². The van der Waals surface area contributed by atoms with Crippen molar-refractivity contribution in [3.05, 3.63) is 96.1 Å². The molecule has 50 heavy (non-hydrogen) atoms. The van der Waals surface area contributed by atoms with Crippen LogP contribution in [0.15, 0.2) is 105 Å². The zero-order chi connectivity index (χ0) is 34.9. The standard InChI is InChI=1S/2C19H22N2O3S/c1-24-13-2-4-14(5-3-13)25(22,23)15-6-7-18-17(12-15)16-8-10-20-11-9-19(16)21-18;1-24-13-3-2-4-14(11-13)25(22,23)15-5-6-18-17(12-15)16-7-9-20-10-8-19(16)21-18/h2-7,12,16,19-21H,8-11H2,1H3;2-6,11-12,16,19-21H,7-10H2,1H3/t2*16-,19-/m11/s1.